The van der Waals surface area contributed by atoms with Gasteiger partial charge in [0.1, 0.15) is 5.82 Å². The van der Waals surface area contributed by atoms with Crippen LogP contribution in [0.5, 0.6) is 0 Å². The van der Waals surface area contributed by atoms with E-state index in [1.165, 1.54) is 11.1 Å². The first-order chi connectivity index (χ1) is 10.4. The Kier molecular flexibility index (Phi) is 6.16. The second kappa shape index (κ2) is 7.29. The molecule has 0 nitrogen and oxygen atoms in total. The van der Waals surface area contributed by atoms with Crippen LogP contribution in [0, 0.1) is 19.7 Å². The molecule has 0 bridgehead atoms. The van der Waals surface area contributed by atoms with Crippen LogP contribution in [0.25, 0.3) is 0 Å². The van der Waals surface area contributed by atoms with E-state index in [0.717, 1.165) is 5.56 Å². The molecular formula is C22H31F. The third-order valence-corrected chi connectivity index (χ3v) is 3.96. The number of hydrogen-bond acceptors (Lipinski definition) is 0. The van der Waals surface area contributed by atoms with Gasteiger partial charge in [0.25, 0.3) is 0 Å². The van der Waals surface area contributed by atoms with Crippen LogP contribution in [0.1, 0.15) is 63.8 Å². The highest BCUT2D eigenvalue weighted by molar-refractivity contribution is 5.28. The van der Waals surface area contributed by atoms with Crippen LogP contribution in [0.15, 0.2) is 42.5 Å². The van der Waals surface area contributed by atoms with Crippen molar-refractivity contribution >= 4 is 0 Å². The monoisotopic (exact) mass is 314 g/mol. The van der Waals surface area contributed by atoms with Gasteiger partial charge in [0.2, 0.25) is 0 Å². The van der Waals surface area contributed by atoms with Crippen LogP contribution in [0.4, 0.5) is 4.39 Å². The second-order valence-electron chi connectivity index (χ2n) is 8.33. The van der Waals surface area contributed by atoms with E-state index >= 15 is 0 Å². The van der Waals surface area contributed by atoms with E-state index in [-0.39, 0.29) is 16.6 Å². The average Bonchev–Trinajstić information content (AvgIpc) is 2.41. The van der Waals surface area contributed by atoms with Crippen LogP contribution in [-0.4, -0.2) is 0 Å². The molecule has 0 aliphatic rings. The quantitative estimate of drug-likeness (QED) is 0.506. The van der Waals surface area contributed by atoms with E-state index in [4.69, 9.17) is 0 Å². The van der Waals surface area contributed by atoms with E-state index < -0.39 is 0 Å². The zero-order chi connectivity index (χ0) is 17.8. The van der Waals surface area contributed by atoms with Crippen molar-refractivity contribution in [2.75, 3.05) is 0 Å². The van der Waals surface area contributed by atoms with Gasteiger partial charge in [-0.3, -0.25) is 0 Å². The van der Waals surface area contributed by atoms with Gasteiger partial charge in [-0.1, -0.05) is 83.5 Å². The lowest BCUT2D eigenvalue weighted by Gasteiger charge is -2.19. The van der Waals surface area contributed by atoms with Crippen molar-refractivity contribution in [2.24, 2.45) is 0 Å². The first-order valence-electron chi connectivity index (χ1n) is 8.25. The largest absolute Gasteiger partial charge is 0.207 e. The molecule has 0 spiro atoms. The molecular weight excluding hydrogens is 283 g/mol. The summed E-state index contributed by atoms with van der Waals surface area (Å²) in [6.45, 7) is 16.8. The van der Waals surface area contributed by atoms with Crippen molar-refractivity contribution in [3.05, 3.63) is 70.5 Å². The minimum atomic E-state index is -0.109. The third kappa shape index (κ3) is 6.17. The highest BCUT2D eigenvalue weighted by atomic mass is 19.1. The molecule has 2 rings (SSSR count). The smallest absolute Gasteiger partial charge is 0.126 e. The summed E-state index contributed by atoms with van der Waals surface area (Å²) in [5.74, 6) is -0.109. The predicted molar refractivity (Wildman–Crippen MR) is 99.7 cm³/mol. The number of halogens is 1. The molecule has 23 heavy (non-hydrogen) atoms. The molecule has 0 saturated heterocycles. The summed E-state index contributed by atoms with van der Waals surface area (Å²) >= 11 is 0. The molecule has 0 radical (unpaired) electrons. The molecule has 2 aromatic carbocycles. The second-order valence-corrected chi connectivity index (χ2v) is 8.33. The zero-order valence-electron chi connectivity index (χ0n) is 15.9. The minimum Gasteiger partial charge on any atom is -0.207 e. The molecule has 0 aliphatic carbocycles. The van der Waals surface area contributed by atoms with Crippen molar-refractivity contribution in [2.45, 2.75) is 66.2 Å². The summed E-state index contributed by atoms with van der Waals surface area (Å²) in [6, 6.07) is 14.2. The Morgan fingerprint density at radius 3 is 1.48 bits per heavy atom. The summed E-state index contributed by atoms with van der Waals surface area (Å²) in [6.07, 6.45) is 0. The highest BCUT2D eigenvalue weighted by Crippen LogP contribution is 2.23. The Labute approximate surface area is 141 Å². The van der Waals surface area contributed by atoms with Crippen molar-refractivity contribution < 1.29 is 4.39 Å². The van der Waals surface area contributed by atoms with Gasteiger partial charge >= 0.3 is 0 Å². The maximum atomic E-state index is 13.1. The molecule has 0 N–H and O–H groups in total. The van der Waals surface area contributed by atoms with Crippen molar-refractivity contribution in [3.8, 4) is 0 Å². The van der Waals surface area contributed by atoms with Crippen LogP contribution in [-0.2, 0) is 10.8 Å². The molecule has 0 atom stereocenters. The van der Waals surface area contributed by atoms with Gasteiger partial charge in [-0.2, -0.15) is 0 Å². The van der Waals surface area contributed by atoms with Gasteiger partial charge < -0.3 is 0 Å². The van der Waals surface area contributed by atoms with E-state index in [1.54, 1.807) is 13.0 Å². The van der Waals surface area contributed by atoms with Gasteiger partial charge in [0.15, 0.2) is 0 Å². The fourth-order valence-corrected chi connectivity index (χ4v) is 2.11. The number of aryl methyl sites for hydroxylation is 2. The predicted octanol–water partition coefficient (Wildman–Crippen LogP) is 6.72. The Hall–Kier alpha value is -1.63. The van der Waals surface area contributed by atoms with Crippen LogP contribution in [0.2, 0.25) is 0 Å². The maximum absolute atomic E-state index is 13.1. The first-order valence-corrected chi connectivity index (χ1v) is 8.25. The zero-order valence-corrected chi connectivity index (χ0v) is 15.9. The number of rotatable bonds is 0. The number of benzene rings is 2. The first kappa shape index (κ1) is 19.4. The average molecular weight is 314 g/mol. The molecule has 2 aromatic rings. The van der Waals surface area contributed by atoms with Crippen molar-refractivity contribution in [3.63, 3.8) is 0 Å². The van der Waals surface area contributed by atoms with Gasteiger partial charge in [0.05, 0.1) is 0 Å². The van der Waals surface area contributed by atoms with Crippen molar-refractivity contribution in [1.29, 1.82) is 0 Å². The van der Waals surface area contributed by atoms with Gasteiger partial charge in [-0.05, 0) is 47.4 Å². The van der Waals surface area contributed by atoms with E-state index in [9.17, 15) is 4.39 Å². The van der Waals surface area contributed by atoms with Crippen LogP contribution in [0.3, 0.4) is 0 Å². The van der Waals surface area contributed by atoms with Gasteiger partial charge in [-0.25, -0.2) is 4.39 Å². The molecule has 0 aliphatic heterocycles. The Balaban J connectivity index is 0.000000231. The lowest BCUT2D eigenvalue weighted by atomic mass is 9.86. The Morgan fingerprint density at radius 2 is 1.09 bits per heavy atom. The molecule has 1 heteroatoms. The van der Waals surface area contributed by atoms with Crippen LogP contribution < -0.4 is 0 Å². The van der Waals surface area contributed by atoms with E-state index in [2.05, 4.69) is 72.7 Å². The summed E-state index contributed by atoms with van der Waals surface area (Å²) in [7, 11) is 0. The van der Waals surface area contributed by atoms with E-state index in [0.29, 0.717) is 5.56 Å². The summed E-state index contributed by atoms with van der Waals surface area (Å²) in [4.78, 5) is 0. The number of hydrogen-bond donors (Lipinski definition) is 0. The molecule has 0 fully saturated rings. The minimum absolute atomic E-state index is 0.0362. The molecule has 0 aromatic heterocycles. The molecule has 0 unspecified atom stereocenters. The fourth-order valence-electron chi connectivity index (χ4n) is 2.11. The van der Waals surface area contributed by atoms with Gasteiger partial charge in [0, 0.05) is 0 Å². The van der Waals surface area contributed by atoms with Crippen molar-refractivity contribution in [1.82, 2.24) is 0 Å². The van der Waals surface area contributed by atoms with Gasteiger partial charge in [-0.15, -0.1) is 0 Å². The molecule has 0 amide bonds. The SMILES string of the molecule is Cc1ccc(C(C)(C)C)cc1.Cc1ccc(C(C)(C)C)cc1F. The fraction of sp³-hybridized carbons (Fsp3) is 0.455. The summed E-state index contributed by atoms with van der Waals surface area (Å²) in [5, 5.41) is 0. The normalized spacial score (nSPS) is 11.7. The topological polar surface area (TPSA) is 0 Å². The molecule has 0 heterocycles. The third-order valence-electron chi connectivity index (χ3n) is 3.96. The lowest BCUT2D eigenvalue weighted by Crippen LogP contribution is -2.11. The maximum Gasteiger partial charge on any atom is 0.126 e. The van der Waals surface area contributed by atoms with Crippen LogP contribution >= 0.6 is 0 Å². The molecule has 126 valence electrons. The lowest BCUT2D eigenvalue weighted by molar-refractivity contribution is 0.569. The Bertz CT molecular complexity index is 623. The summed E-state index contributed by atoms with van der Waals surface area (Å²) < 4.78 is 13.1. The Morgan fingerprint density at radius 1 is 0.652 bits per heavy atom. The highest BCUT2D eigenvalue weighted by Gasteiger charge is 2.14. The standard InChI is InChI=1S/C11H15F.C11H16/c1-8-5-6-9(7-10(8)12)11(2,3)4;1-9-5-7-10(8-6-9)11(2,3)4/h5-7H,1-4H3;5-8H,1-4H3. The van der Waals surface area contributed by atoms with E-state index in [1.807, 2.05) is 12.1 Å². The molecule has 0 saturated carbocycles. The summed E-state index contributed by atoms with van der Waals surface area (Å²) in [5.41, 5.74) is 4.82.